The van der Waals surface area contributed by atoms with Crippen molar-refractivity contribution in [1.29, 1.82) is 0 Å². The summed E-state index contributed by atoms with van der Waals surface area (Å²) in [6.07, 6.45) is 3.67. The van der Waals surface area contributed by atoms with E-state index >= 15 is 0 Å². The molecule has 0 aromatic carbocycles. The fraction of sp³-hybridized carbons (Fsp3) is 0.765. The molecule has 1 fully saturated rings. The van der Waals surface area contributed by atoms with E-state index in [0.29, 0.717) is 6.54 Å². The van der Waals surface area contributed by atoms with Gasteiger partial charge < -0.3 is 14.7 Å². The van der Waals surface area contributed by atoms with Crippen LogP contribution in [0.15, 0.2) is 12.7 Å². The number of ether oxygens (including phenoxy) is 1. The summed E-state index contributed by atoms with van der Waals surface area (Å²) in [5, 5.41) is 9.86. The molecule has 2 atom stereocenters. The fourth-order valence-electron chi connectivity index (χ4n) is 2.57. The second-order valence-corrected chi connectivity index (χ2v) is 7.08. The predicted octanol–water partition coefficient (Wildman–Crippen LogP) is 2.17. The molecule has 1 N–H and O–H groups in total. The van der Waals surface area contributed by atoms with Crippen LogP contribution in [0.25, 0.3) is 0 Å². The van der Waals surface area contributed by atoms with Crippen LogP contribution in [-0.4, -0.2) is 64.8 Å². The van der Waals surface area contributed by atoms with Crippen LogP contribution < -0.4 is 0 Å². The van der Waals surface area contributed by atoms with E-state index in [0.717, 1.165) is 19.3 Å². The average Bonchev–Trinajstić information content (AvgIpc) is 2.83. The van der Waals surface area contributed by atoms with Crippen LogP contribution in [0.4, 0.5) is 4.79 Å². The summed E-state index contributed by atoms with van der Waals surface area (Å²) in [5.41, 5.74) is -0.630. The number of β-amino-alcohol motifs (C(OH)–C–C–N with tert-alkyl or cyclic N) is 1. The summed E-state index contributed by atoms with van der Waals surface area (Å²) >= 11 is 0. The van der Waals surface area contributed by atoms with Crippen molar-refractivity contribution in [2.24, 2.45) is 0 Å². The third-order valence-electron chi connectivity index (χ3n) is 3.72. The molecule has 6 nitrogen and oxygen atoms in total. The van der Waals surface area contributed by atoms with E-state index < -0.39 is 23.8 Å². The Balaban J connectivity index is 2.65. The monoisotopic (exact) mass is 326 g/mol. The Hall–Kier alpha value is -1.56. The predicted molar refractivity (Wildman–Crippen MR) is 89.0 cm³/mol. The molecule has 2 unspecified atom stereocenters. The minimum absolute atomic E-state index is 0.135. The standard InChI is InChI=1S/C17H30N2O4/c1-6-7-8-9-10-18(5)15(21)14-11-13(20)12-19(14)16(22)23-17(2,3)4/h6,13-14,20H,1,7-12H2,2-5H3. The van der Waals surface area contributed by atoms with E-state index in [-0.39, 0.29) is 18.9 Å². The molecule has 1 saturated heterocycles. The molecule has 6 heteroatoms. The molecule has 2 amide bonds. The quantitative estimate of drug-likeness (QED) is 0.600. The number of allylic oxidation sites excluding steroid dienone is 1. The van der Waals surface area contributed by atoms with Gasteiger partial charge in [-0.05, 0) is 40.0 Å². The first-order chi connectivity index (χ1) is 10.7. The first kappa shape index (κ1) is 19.5. The molecule has 0 bridgehead atoms. The SMILES string of the molecule is C=CCCCCN(C)C(=O)C1CC(O)CN1C(=O)OC(C)(C)C. The summed E-state index contributed by atoms with van der Waals surface area (Å²) < 4.78 is 5.34. The van der Waals surface area contributed by atoms with Gasteiger partial charge in [0.1, 0.15) is 11.6 Å². The lowest BCUT2D eigenvalue weighted by molar-refractivity contribution is -0.134. The van der Waals surface area contributed by atoms with Crippen LogP contribution in [0.2, 0.25) is 0 Å². The second-order valence-electron chi connectivity index (χ2n) is 7.08. The topological polar surface area (TPSA) is 70.1 Å². The molecule has 1 aliphatic heterocycles. The van der Waals surface area contributed by atoms with Gasteiger partial charge in [-0.2, -0.15) is 0 Å². The van der Waals surface area contributed by atoms with Gasteiger partial charge in [-0.1, -0.05) is 6.08 Å². The minimum Gasteiger partial charge on any atom is -0.444 e. The maximum atomic E-state index is 12.6. The number of likely N-dealkylation sites (N-methyl/N-ethyl adjacent to an activating group) is 1. The number of hydrogen-bond donors (Lipinski definition) is 1. The summed E-state index contributed by atoms with van der Waals surface area (Å²) in [4.78, 5) is 27.8. The highest BCUT2D eigenvalue weighted by atomic mass is 16.6. The van der Waals surface area contributed by atoms with Gasteiger partial charge in [0.15, 0.2) is 0 Å². The zero-order chi connectivity index (χ0) is 17.6. The molecule has 0 aliphatic carbocycles. The van der Waals surface area contributed by atoms with Gasteiger partial charge in [0.05, 0.1) is 12.6 Å². The van der Waals surface area contributed by atoms with E-state index in [1.54, 1.807) is 32.7 Å². The third-order valence-corrected chi connectivity index (χ3v) is 3.72. The van der Waals surface area contributed by atoms with Crippen molar-refractivity contribution in [2.45, 2.75) is 64.2 Å². The van der Waals surface area contributed by atoms with E-state index in [1.807, 2.05) is 6.08 Å². The molecule has 23 heavy (non-hydrogen) atoms. The summed E-state index contributed by atoms with van der Waals surface area (Å²) in [5.74, 6) is -0.147. The fourth-order valence-corrected chi connectivity index (χ4v) is 2.57. The Labute approximate surface area is 139 Å². The summed E-state index contributed by atoms with van der Waals surface area (Å²) in [6, 6.07) is -0.649. The van der Waals surface area contributed by atoms with Crippen LogP contribution in [0.1, 0.15) is 46.5 Å². The number of aliphatic hydroxyl groups excluding tert-OH is 1. The number of rotatable bonds is 6. The number of aliphatic hydroxyl groups is 1. The van der Waals surface area contributed by atoms with E-state index in [9.17, 15) is 14.7 Å². The second kappa shape index (κ2) is 8.34. The lowest BCUT2D eigenvalue weighted by Gasteiger charge is -2.30. The van der Waals surface area contributed by atoms with Gasteiger partial charge in [0, 0.05) is 20.0 Å². The molecular weight excluding hydrogens is 296 g/mol. The van der Waals surface area contributed by atoms with Gasteiger partial charge in [0.25, 0.3) is 0 Å². The Morgan fingerprint density at radius 1 is 1.39 bits per heavy atom. The van der Waals surface area contributed by atoms with Crippen molar-refractivity contribution in [1.82, 2.24) is 9.80 Å². The molecular formula is C17H30N2O4. The zero-order valence-corrected chi connectivity index (χ0v) is 14.7. The van der Waals surface area contributed by atoms with Gasteiger partial charge in [-0.15, -0.1) is 6.58 Å². The van der Waals surface area contributed by atoms with E-state index in [2.05, 4.69) is 6.58 Å². The van der Waals surface area contributed by atoms with Crippen molar-refractivity contribution < 1.29 is 19.4 Å². The van der Waals surface area contributed by atoms with Crippen molar-refractivity contribution in [3.05, 3.63) is 12.7 Å². The van der Waals surface area contributed by atoms with E-state index in [1.165, 1.54) is 4.90 Å². The molecule has 0 saturated carbocycles. The zero-order valence-electron chi connectivity index (χ0n) is 14.7. The Kier molecular flexibility index (Phi) is 7.06. The highest BCUT2D eigenvalue weighted by Gasteiger charge is 2.41. The lowest BCUT2D eigenvalue weighted by Crippen LogP contribution is -2.48. The van der Waals surface area contributed by atoms with Crippen LogP contribution in [0.3, 0.4) is 0 Å². The maximum Gasteiger partial charge on any atom is 0.411 e. The normalized spacial score (nSPS) is 21.2. The summed E-state index contributed by atoms with van der Waals surface area (Å²) in [6.45, 7) is 9.77. The molecule has 0 spiro atoms. The van der Waals surface area contributed by atoms with Gasteiger partial charge >= 0.3 is 6.09 Å². The molecule has 0 radical (unpaired) electrons. The maximum absolute atomic E-state index is 12.6. The van der Waals surface area contributed by atoms with Gasteiger partial charge in [-0.25, -0.2) is 4.79 Å². The smallest absolute Gasteiger partial charge is 0.411 e. The van der Waals surface area contributed by atoms with Crippen LogP contribution >= 0.6 is 0 Å². The summed E-state index contributed by atoms with van der Waals surface area (Å²) in [7, 11) is 1.73. The number of hydrogen-bond acceptors (Lipinski definition) is 4. The van der Waals surface area contributed by atoms with Crippen molar-refractivity contribution in [2.75, 3.05) is 20.1 Å². The minimum atomic E-state index is -0.689. The third kappa shape index (κ3) is 6.22. The van der Waals surface area contributed by atoms with Crippen molar-refractivity contribution in [3.8, 4) is 0 Å². The van der Waals surface area contributed by atoms with Crippen molar-refractivity contribution >= 4 is 12.0 Å². The number of amides is 2. The van der Waals surface area contributed by atoms with Crippen LogP contribution in [0, 0.1) is 0 Å². The largest absolute Gasteiger partial charge is 0.444 e. The molecule has 0 aromatic rings. The Morgan fingerprint density at radius 3 is 2.61 bits per heavy atom. The molecule has 1 rings (SSSR count). The Bertz CT molecular complexity index is 431. The molecule has 1 heterocycles. The number of nitrogens with zero attached hydrogens (tertiary/aromatic N) is 2. The first-order valence-electron chi connectivity index (χ1n) is 8.19. The van der Waals surface area contributed by atoms with Crippen LogP contribution in [0.5, 0.6) is 0 Å². The lowest BCUT2D eigenvalue weighted by atomic mass is 10.1. The number of carbonyl (C=O) groups is 2. The number of likely N-dealkylation sites (tertiary alicyclic amines) is 1. The Morgan fingerprint density at radius 2 is 2.04 bits per heavy atom. The van der Waals surface area contributed by atoms with Gasteiger partial charge in [-0.3, -0.25) is 9.69 Å². The van der Waals surface area contributed by atoms with Crippen molar-refractivity contribution in [3.63, 3.8) is 0 Å². The number of unbranched alkanes of at least 4 members (excludes halogenated alkanes) is 2. The molecule has 0 aromatic heterocycles. The molecule has 1 aliphatic rings. The highest BCUT2D eigenvalue weighted by molar-refractivity contribution is 5.86. The molecule has 132 valence electrons. The first-order valence-corrected chi connectivity index (χ1v) is 8.19. The van der Waals surface area contributed by atoms with Crippen LogP contribution in [-0.2, 0) is 9.53 Å². The number of carbonyl (C=O) groups excluding carboxylic acids is 2. The average molecular weight is 326 g/mol. The van der Waals surface area contributed by atoms with E-state index in [4.69, 9.17) is 4.74 Å². The van der Waals surface area contributed by atoms with Gasteiger partial charge in [0.2, 0.25) is 5.91 Å². The highest BCUT2D eigenvalue weighted by Crippen LogP contribution is 2.23.